The molecule has 1 aliphatic rings. The summed E-state index contributed by atoms with van der Waals surface area (Å²) in [4.78, 5) is 2.26. The Bertz CT molecular complexity index is 468. The van der Waals surface area contributed by atoms with E-state index in [1.807, 2.05) is 0 Å². The number of nitrogens with two attached hydrogens (primary N) is 1. The molecular formula is C32H69N5. The fourth-order valence-electron chi connectivity index (χ4n) is 6.02. The Balaban J connectivity index is 2.35. The molecule has 0 radical (unpaired) electrons. The van der Waals surface area contributed by atoms with Crippen molar-refractivity contribution >= 4 is 0 Å². The van der Waals surface area contributed by atoms with Crippen LogP contribution in [0.15, 0.2) is 0 Å². The fraction of sp³-hybridized carbons (Fsp3) is 1.00. The first-order valence-electron chi connectivity index (χ1n) is 16.7. The Morgan fingerprint density at radius 1 is 0.595 bits per heavy atom. The van der Waals surface area contributed by atoms with E-state index in [-0.39, 0.29) is 5.66 Å². The van der Waals surface area contributed by atoms with Crippen LogP contribution in [0.25, 0.3) is 0 Å². The number of hydrogen-bond acceptors (Lipinski definition) is 5. The second kappa shape index (κ2) is 22.6. The number of hydrazine groups is 2. The number of nitrogens with zero attached hydrogens (tertiary/aromatic N) is 3. The maximum Gasteiger partial charge on any atom is 0.0734 e. The smallest absolute Gasteiger partial charge is 0.0734 e. The largest absolute Gasteiger partial charge is 0.313 e. The Hall–Kier alpha value is -0.200. The number of unbranched alkanes of at least 4 members (excludes halogenated alkanes) is 18. The van der Waals surface area contributed by atoms with Gasteiger partial charge in [0.2, 0.25) is 0 Å². The van der Waals surface area contributed by atoms with Crippen LogP contribution in [-0.2, 0) is 0 Å². The van der Waals surface area contributed by atoms with Crippen LogP contribution < -0.4 is 11.3 Å². The van der Waals surface area contributed by atoms with E-state index < -0.39 is 0 Å². The average molecular weight is 524 g/mol. The van der Waals surface area contributed by atoms with Gasteiger partial charge in [0.1, 0.15) is 0 Å². The highest BCUT2D eigenvalue weighted by Crippen LogP contribution is 2.26. The minimum absolute atomic E-state index is 0.242. The summed E-state index contributed by atoms with van der Waals surface area (Å²) in [5, 5.41) is 4.96. The summed E-state index contributed by atoms with van der Waals surface area (Å²) in [5.41, 5.74) is 10.5. The third kappa shape index (κ3) is 15.8. The van der Waals surface area contributed by atoms with Gasteiger partial charge in [-0.1, -0.05) is 136 Å². The van der Waals surface area contributed by atoms with Crippen molar-refractivity contribution in [1.82, 2.24) is 20.5 Å². The molecule has 37 heavy (non-hydrogen) atoms. The summed E-state index contributed by atoms with van der Waals surface area (Å²) >= 11 is 0. The third-order valence-electron chi connectivity index (χ3n) is 8.83. The van der Waals surface area contributed by atoms with Crippen LogP contribution >= 0.6 is 0 Å². The zero-order chi connectivity index (χ0) is 27.2. The van der Waals surface area contributed by atoms with Gasteiger partial charge < -0.3 is 5.73 Å². The van der Waals surface area contributed by atoms with Crippen molar-refractivity contribution in [2.75, 3.05) is 40.3 Å². The van der Waals surface area contributed by atoms with Crippen molar-refractivity contribution in [2.24, 2.45) is 11.7 Å². The fourth-order valence-corrected chi connectivity index (χ4v) is 6.02. The Morgan fingerprint density at radius 3 is 1.22 bits per heavy atom. The van der Waals surface area contributed by atoms with Crippen LogP contribution in [0.1, 0.15) is 156 Å². The lowest BCUT2D eigenvalue weighted by Crippen LogP contribution is -2.69. The molecule has 1 unspecified atom stereocenters. The lowest BCUT2D eigenvalue weighted by molar-refractivity contribution is -0.0864. The third-order valence-corrected chi connectivity index (χ3v) is 8.83. The molecule has 0 aromatic heterocycles. The molecule has 0 aliphatic carbocycles. The highest BCUT2D eigenvalue weighted by molar-refractivity contribution is 4.92. The summed E-state index contributed by atoms with van der Waals surface area (Å²) in [7, 11) is 4.31. The molecule has 0 amide bonds. The second-order valence-corrected chi connectivity index (χ2v) is 12.3. The Labute approximate surface area is 233 Å². The van der Waals surface area contributed by atoms with Gasteiger partial charge in [0.25, 0.3) is 0 Å². The molecule has 222 valence electrons. The lowest BCUT2D eigenvalue weighted by atomic mass is 9.88. The van der Waals surface area contributed by atoms with Gasteiger partial charge in [0, 0.05) is 32.1 Å². The van der Waals surface area contributed by atoms with E-state index in [0.717, 1.165) is 32.6 Å². The molecule has 3 N–H and O–H groups in total. The predicted octanol–water partition coefficient (Wildman–Crippen LogP) is 8.11. The monoisotopic (exact) mass is 524 g/mol. The van der Waals surface area contributed by atoms with Gasteiger partial charge in [-0.15, -0.1) is 0 Å². The van der Waals surface area contributed by atoms with Crippen LogP contribution in [0.2, 0.25) is 0 Å². The first kappa shape index (κ1) is 34.8. The molecule has 0 aromatic carbocycles. The normalized spacial score (nSPS) is 17.6. The van der Waals surface area contributed by atoms with E-state index in [0.29, 0.717) is 5.92 Å². The zero-order valence-electron chi connectivity index (χ0n) is 26.2. The van der Waals surface area contributed by atoms with Crippen molar-refractivity contribution in [3.63, 3.8) is 0 Å². The molecule has 0 bridgehead atoms. The molecule has 0 spiro atoms. The molecule has 1 atom stereocenters. The van der Waals surface area contributed by atoms with Gasteiger partial charge in [0.15, 0.2) is 0 Å². The zero-order valence-corrected chi connectivity index (χ0v) is 26.2. The minimum Gasteiger partial charge on any atom is -0.313 e. The first-order chi connectivity index (χ1) is 18.0. The predicted molar refractivity (Wildman–Crippen MR) is 164 cm³/mol. The molecule has 1 rings (SSSR count). The lowest BCUT2D eigenvalue weighted by Gasteiger charge is -2.50. The quantitative estimate of drug-likeness (QED) is 0.0934. The highest BCUT2D eigenvalue weighted by Gasteiger charge is 2.40. The number of nitrogens with one attached hydrogen (secondary N) is 1. The van der Waals surface area contributed by atoms with Crippen molar-refractivity contribution in [3.05, 3.63) is 0 Å². The number of hydrogen-bond donors (Lipinski definition) is 2. The second-order valence-electron chi connectivity index (χ2n) is 12.3. The maximum atomic E-state index is 6.99. The van der Waals surface area contributed by atoms with E-state index in [4.69, 9.17) is 5.73 Å². The molecule has 1 aliphatic heterocycles. The van der Waals surface area contributed by atoms with E-state index in [2.05, 4.69) is 55.3 Å². The van der Waals surface area contributed by atoms with Gasteiger partial charge in [0.05, 0.1) is 5.66 Å². The summed E-state index contributed by atoms with van der Waals surface area (Å²) in [6.07, 6.45) is 28.8. The Kier molecular flexibility index (Phi) is 21.3. The standard InChI is InChI=1S/C32H69N5/c1-6-9-11-13-15-17-19-21-23-25-27-36-29-31(32(33,8-3)35(4)5)30-37(34-36)28-26-24-22-20-18-16-14-12-10-7-2/h31,34H,6-30,33H2,1-5H3. The van der Waals surface area contributed by atoms with Crippen LogP contribution in [0.4, 0.5) is 0 Å². The first-order valence-corrected chi connectivity index (χ1v) is 16.7. The van der Waals surface area contributed by atoms with E-state index in [1.54, 1.807) is 0 Å². The maximum absolute atomic E-state index is 6.99. The van der Waals surface area contributed by atoms with Gasteiger partial charge in [-0.05, 0) is 33.4 Å². The van der Waals surface area contributed by atoms with E-state index >= 15 is 0 Å². The van der Waals surface area contributed by atoms with Crippen LogP contribution in [0.3, 0.4) is 0 Å². The molecule has 5 heteroatoms. The molecule has 1 fully saturated rings. The van der Waals surface area contributed by atoms with Crippen LogP contribution in [-0.4, -0.2) is 60.9 Å². The van der Waals surface area contributed by atoms with Gasteiger partial charge in [-0.25, -0.2) is 10.0 Å². The van der Waals surface area contributed by atoms with Crippen molar-refractivity contribution in [3.8, 4) is 0 Å². The topological polar surface area (TPSA) is 47.8 Å². The highest BCUT2D eigenvalue weighted by atomic mass is 15.8. The summed E-state index contributed by atoms with van der Waals surface area (Å²) in [6.45, 7) is 11.2. The molecule has 1 heterocycles. The summed E-state index contributed by atoms with van der Waals surface area (Å²) in [5.74, 6) is 0.458. The minimum atomic E-state index is -0.242. The van der Waals surface area contributed by atoms with E-state index in [1.165, 1.54) is 128 Å². The molecule has 5 nitrogen and oxygen atoms in total. The van der Waals surface area contributed by atoms with Crippen molar-refractivity contribution in [1.29, 1.82) is 0 Å². The van der Waals surface area contributed by atoms with Crippen molar-refractivity contribution in [2.45, 2.75) is 161 Å². The molecule has 1 saturated heterocycles. The van der Waals surface area contributed by atoms with Crippen LogP contribution in [0.5, 0.6) is 0 Å². The average Bonchev–Trinajstić information content (AvgIpc) is 2.90. The molecule has 0 saturated carbocycles. The molecule has 0 aromatic rings. The van der Waals surface area contributed by atoms with Crippen LogP contribution in [0, 0.1) is 5.92 Å². The summed E-state index contributed by atoms with van der Waals surface area (Å²) < 4.78 is 0. The Morgan fingerprint density at radius 2 is 0.919 bits per heavy atom. The van der Waals surface area contributed by atoms with Gasteiger partial charge in [-0.3, -0.25) is 4.90 Å². The van der Waals surface area contributed by atoms with E-state index in [9.17, 15) is 0 Å². The number of rotatable bonds is 25. The molecular weight excluding hydrogens is 454 g/mol. The van der Waals surface area contributed by atoms with Crippen molar-refractivity contribution < 1.29 is 0 Å². The van der Waals surface area contributed by atoms with Gasteiger partial charge in [-0.2, -0.15) is 5.53 Å². The SMILES string of the molecule is CCCCCCCCCCCCN1CC(C(N)(CC)N(C)C)CN(CCCCCCCCCCCC)N1. The van der Waals surface area contributed by atoms with Gasteiger partial charge >= 0.3 is 0 Å². The summed E-state index contributed by atoms with van der Waals surface area (Å²) in [6, 6.07) is 0.